The molecule has 1 aliphatic rings. The maximum atomic E-state index is 10.5. The summed E-state index contributed by atoms with van der Waals surface area (Å²) in [4.78, 5) is 12.0. The lowest BCUT2D eigenvalue weighted by molar-refractivity contribution is -0.402. The van der Waals surface area contributed by atoms with Crippen LogP contribution in [0.3, 0.4) is 0 Å². The van der Waals surface area contributed by atoms with Crippen LogP contribution >= 0.6 is 0 Å². The highest BCUT2D eigenvalue weighted by molar-refractivity contribution is 5.17. The standard InChI is InChI=1S/C11H13N3O3/c12-6-9-2-1-5-13(7-9)8-10-3-4-11(17-10)14(15)16/h3-4,9H,1-2,5,7-8H2. The van der Waals surface area contributed by atoms with E-state index in [1.807, 2.05) is 0 Å². The van der Waals surface area contributed by atoms with Crippen LogP contribution in [-0.2, 0) is 6.54 Å². The van der Waals surface area contributed by atoms with Crippen molar-refractivity contribution in [2.75, 3.05) is 13.1 Å². The topological polar surface area (TPSA) is 83.3 Å². The Balaban J connectivity index is 1.96. The van der Waals surface area contributed by atoms with E-state index < -0.39 is 4.92 Å². The molecule has 0 saturated carbocycles. The van der Waals surface area contributed by atoms with Gasteiger partial charge in [0.05, 0.1) is 24.6 Å². The van der Waals surface area contributed by atoms with Crippen molar-refractivity contribution in [3.8, 4) is 6.07 Å². The predicted molar refractivity (Wildman–Crippen MR) is 59.0 cm³/mol. The van der Waals surface area contributed by atoms with Crippen LogP contribution < -0.4 is 0 Å². The predicted octanol–water partition coefficient (Wildman–Crippen LogP) is 1.92. The van der Waals surface area contributed by atoms with E-state index in [9.17, 15) is 10.1 Å². The summed E-state index contributed by atoms with van der Waals surface area (Å²) < 4.78 is 5.09. The third-order valence-electron chi connectivity index (χ3n) is 2.89. The second-order valence-electron chi connectivity index (χ2n) is 4.20. The van der Waals surface area contributed by atoms with Gasteiger partial charge in [-0.05, 0) is 25.5 Å². The fourth-order valence-corrected chi connectivity index (χ4v) is 2.07. The van der Waals surface area contributed by atoms with Crippen LogP contribution in [0.4, 0.5) is 5.88 Å². The molecular formula is C11H13N3O3. The minimum absolute atomic E-state index is 0.0636. The van der Waals surface area contributed by atoms with Gasteiger partial charge in [0.2, 0.25) is 0 Å². The number of rotatable bonds is 3. The van der Waals surface area contributed by atoms with Crippen LogP contribution in [0.1, 0.15) is 18.6 Å². The van der Waals surface area contributed by atoms with Crippen molar-refractivity contribution in [2.45, 2.75) is 19.4 Å². The van der Waals surface area contributed by atoms with E-state index in [-0.39, 0.29) is 11.8 Å². The lowest BCUT2D eigenvalue weighted by atomic mass is 10.00. The molecule has 0 N–H and O–H groups in total. The van der Waals surface area contributed by atoms with Crippen molar-refractivity contribution in [3.63, 3.8) is 0 Å². The van der Waals surface area contributed by atoms with Gasteiger partial charge in [-0.25, -0.2) is 0 Å². The maximum Gasteiger partial charge on any atom is 0.433 e. The monoisotopic (exact) mass is 235 g/mol. The van der Waals surface area contributed by atoms with Crippen LogP contribution in [0.15, 0.2) is 16.5 Å². The quantitative estimate of drug-likeness (QED) is 0.590. The molecule has 0 radical (unpaired) electrons. The van der Waals surface area contributed by atoms with Crippen LogP contribution in [0.25, 0.3) is 0 Å². The van der Waals surface area contributed by atoms with Gasteiger partial charge in [-0.3, -0.25) is 15.0 Å². The summed E-state index contributed by atoms with van der Waals surface area (Å²) in [5.41, 5.74) is 0. The number of hydrogen-bond donors (Lipinski definition) is 0. The highest BCUT2D eigenvalue weighted by Gasteiger charge is 2.21. The molecule has 1 fully saturated rings. The Hall–Kier alpha value is -1.87. The summed E-state index contributed by atoms with van der Waals surface area (Å²) in [5.74, 6) is 0.415. The minimum atomic E-state index is -0.544. The summed E-state index contributed by atoms with van der Waals surface area (Å²) in [6.45, 7) is 2.16. The second kappa shape index (κ2) is 4.97. The minimum Gasteiger partial charge on any atom is -0.404 e. The van der Waals surface area contributed by atoms with Crippen molar-refractivity contribution in [1.29, 1.82) is 5.26 Å². The first-order chi connectivity index (χ1) is 8.19. The summed E-state index contributed by atoms with van der Waals surface area (Å²) in [5, 5.41) is 19.3. The molecule has 0 bridgehead atoms. The highest BCUT2D eigenvalue weighted by Crippen LogP contribution is 2.21. The van der Waals surface area contributed by atoms with Crippen molar-refractivity contribution in [1.82, 2.24) is 4.90 Å². The van der Waals surface area contributed by atoms with Crippen molar-refractivity contribution in [3.05, 3.63) is 28.0 Å². The van der Waals surface area contributed by atoms with E-state index in [4.69, 9.17) is 9.68 Å². The van der Waals surface area contributed by atoms with Gasteiger partial charge in [0.15, 0.2) is 0 Å². The van der Waals surface area contributed by atoms with Gasteiger partial charge in [-0.2, -0.15) is 5.26 Å². The second-order valence-corrected chi connectivity index (χ2v) is 4.20. The Morgan fingerprint density at radius 2 is 2.47 bits per heavy atom. The molecule has 2 rings (SSSR count). The number of hydrogen-bond acceptors (Lipinski definition) is 5. The van der Waals surface area contributed by atoms with E-state index in [0.29, 0.717) is 18.8 Å². The van der Waals surface area contributed by atoms with E-state index in [0.717, 1.165) is 19.4 Å². The molecule has 1 aromatic heterocycles. The van der Waals surface area contributed by atoms with Gasteiger partial charge in [0.25, 0.3) is 0 Å². The number of furan rings is 1. The summed E-state index contributed by atoms with van der Waals surface area (Å²) in [7, 11) is 0. The van der Waals surface area contributed by atoms with E-state index in [1.54, 1.807) is 6.07 Å². The zero-order valence-corrected chi connectivity index (χ0v) is 9.33. The Labute approximate surface area is 98.6 Å². The molecule has 1 aliphatic heterocycles. The molecule has 0 aromatic carbocycles. The molecule has 6 heteroatoms. The third kappa shape index (κ3) is 2.82. The molecule has 0 spiro atoms. The Morgan fingerprint density at radius 3 is 3.12 bits per heavy atom. The van der Waals surface area contributed by atoms with Crippen molar-refractivity contribution >= 4 is 5.88 Å². The maximum absolute atomic E-state index is 10.5. The van der Waals surface area contributed by atoms with Crippen LogP contribution in [-0.4, -0.2) is 22.9 Å². The molecule has 6 nitrogen and oxygen atoms in total. The van der Waals surface area contributed by atoms with Gasteiger partial charge >= 0.3 is 5.88 Å². The molecule has 1 atom stereocenters. The number of likely N-dealkylation sites (tertiary alicyclic amines) is 1. The van der Waals surface area contributed by atoms with E-state index in [1.165, 1.54) is 6.07 Å². The van der Waals surface area contributed by atoms with Crippen molar-refractivity contribution < 1.29 is 9.34 Å². The Bertz CT molecular complexity index is 449. The number of nitro groups is 1. The number of nitrogens with zero attached hydrogens (tertiary/aromatic N) is 3. The molecular weight excluding hydrogens is 222 g/mol. The zero-order valence-electron chi connectivity index (χ0n) is 9.33. The molecule has 1 aromatic rings. The third-order valence-corrected chi connectivity index (χ3v) is 2.89. The average Bonchev–Trinajstić information content (AvgIpc) is 2.78. The first-order valence-electron chi connectivity index (χ1n) is 5.54. The molecule has 1 unspecified atom stereocenters. The number of nitriles is 1. The Morgan fingerprint density at radius 1 is 1.65 bits per heavy atom. The molecule has 0 aliphatic carbocycles. The van der Waals surface area contributed by atoms with Gasteiger partial charge in [0, 0.05) is 6.54 Å². The largest absolute Gasteiger partial charge is 0.433 e. The van der Waals surface area contributed by atoms with E-state index in [2.05, 4.69) is 11.0 Å². The van der Waals surface area contributed by atoms with Gasteiger partial charge in [0.1, 0.15) is 10.7 Å². The van der Waals surface area contributed by atoms with Crippen molar-refractivity contribution in [2.24, 2.45) is 5.92 Å². The molecule has 1 saturated heterocycles. The molecule has 2 heterocycles. The van der Waals surface area contributed by atoms with Gasteiger partial charge in [-0.15, -0.1) is 0 Å². The fraction of sp³-hybridized carbons (Fsp3) is 0.545. The normalized spacial score (nSPS) is 21.0. The summed E-state index contributed by atoms with van der Waals surface area (Å²) in [6, 6.07) is 5.24. The molecule has 90 valence electrons. The Kier molecular flexibility index (Phi) is 3.40. The first kappa shape index (κ1) is 11.6. The van der Waals surface area contributed by atoms with Gasteiger partial charge in [-0.1, -0.05) is 0 Å². The molecule has 0 amide bonds. The zero-order chi connectivity index (χ0) is 12.3. The first-order valence-corrected chi connectivity index (χ1v) is 5.54. The van der Waals surface area contributed by atoms with E-state index >= 15 is 0 Å². The molecule has 17 heavy (non-hydrogen) atoms. The SMILES string of the molecule is N#CC1CCCN(Cc2ccc([N+](=O)[O-])o2)C1. The summed E-state index contributed by atoms with van der Waals surface area (Å²) in [6.07, 6.45) is 1.92. The van der Waals surface area contributed by atoms with Crippen LogP contribution in [0, 0.1) is 27.4 Å². The average molecular weight is 235 g/mol. The van der Waals surface area contributed by atoms with Crippen LogP contribution in [0.5, 0.6) is 0 Å². The fourth-order valence-electron chi connectivity index (χ4n) is 2.07. The van der Waals surface area contributed by atoms with Crippen LogP contribution in [0.2, 0.25) is 0 Å². The lowest BCUT2D eigenvalue weighted by Crippen LogP contribution is -2.34. The smallest absolute Gasteiger partial charge is 0.404 e. The highest BCUT2D eigenvalue weighted by atomic mass is 16.6. The summed E-state index contributed by atoms with van der Waals surface area (Å²) >= 11 is 0. The van der Waals surface area contributed by atoms with Gasteiger partial charge < -0.3 is 4.42 Å². The lowest BCUT2D eigenvalue weighted by Gasteiger charge is -2.28. The number of piperidine rings is 1.